The van der Waals surface area contributed by atoms with E-state index in [0.29, 0.717) is 0 Å². The maximum atomic E-state index is 0. The van der Waals surface area contributed by atoms with E-state index in [1.807, 2.05) is 0 Å². The van der Waals surface area contributed by atoms with Crippen molar-refractivity contribution in [2.75, 3.05) is 0 Å². The van der Waals surface area contributed by atoms with Crippen LogP contribution in [0.25, 0.3) is 0 Å². The van der Waals surface area contributed by atoms with E-state index in [0.717, 1.165) is 0 Å². The molecular weight excluding hydrogens is 211 g/mol. The molecule has 0 fully saturated rings. The summed E-state index contributed by atoms with van der Waals surface area (Å²) in [4.78, 5) is 0. The van der Waals surface area contributed by atoms with Gasteiger partial charge in [0.25, 0.3) is 0 Å². The largest absolute Gasteiger partial charge is 4.00 e. The molecule has 0 aliphatic rings. The van der Waals surface area contributed by atoms with E-state index in [4.69, 9.17) is 0 Å². The molecule has 0 atom stereocenters. The normalized spacial score (nSPS) is 0. The van der Waals surface area contributed by atoms with Crippen LogP contribution >= 0.6 is 0 Å². The summed E-state index contributed by atoms with van der Waals surface area (Å²) >= 11 is 0. The molecular formula is H2O2SrZr. The first kappa shape index (κ1) is 33.6. The molecule has 0 amide bonds. The summed E-state index contributed by atoms with van der Waals surface area (Å²) < 4.78 is 0. The molecule has 0 N–H and O–H groups in total. The molecule has 0 saturated carbocycles. The SMILES string of the molecule is [H-].[H-].[O-2].[O-2].[Sr+2].[Zr+4]. The summed E-state index contributed by atoms with van der Waals surface area (Å²) in [6, 6.07) is 0. The monoisotopic (exact) mass is 212 g/mol. The van der Waals surface area contributed by atoms with Gasteiger partial charge in [0, 0.05) is 0 Å². The van der Waals surface area contributed by atoms with E-state index in [9.17, 15) is 0 Å². The number of hydrogen-bond donors (Lipinski definition) is 0. The zero-order valence-electron chi connectivity index (χ0n) is 4.02. The van der Waals surface area contributed by atoms with Crippen LogP contribution in [0.5, 0.6) is 0 Å². The molecule has 0 spiro atoms. The standard InChI is InChI=1S/2O.Sr.Zr.2H/q2*-2;+2;+4;2*-1. The molecule has 0 rings (SSSR count). The van der Waals surface area contributed by atoms with Crippen LogP contribution < -0.4 is 0 Å². The van der Waals surface area contributed by atoms with E-state index in [1.54, 1.807) is 0 Å². The Labute approximate surface area is 83.9 Å². The van der Waals surface area contributed by atoms with Crippen LogP contribution in [0.15, 0.2) is 0 Å². The molecule has 0 aliphatic heterocycles. The van der Waals surface area contributed by atoms with Crippen LogP contribution in [0.2, 0.25) is 0 Å². The summed E-state index contributed by atoms with van der Waals surface area (Å²) in [6.07, 6.45) is 0. The predicted octanol–water partition coefficient (Wildman–Crippen LogP) is -0.396. The van der Waals surface area contributed by atoms with Crippen molar-refractivity contribution in [2.24, 2.45) is 0 Å². The molecule has 0 aromatic carbocycles. The third-order valence-corrected chi connectivity index (χ3v) is 0. The average Bonchev–Trinajstić information content (AvgIpc) is 0. The summed E-state index contributed by atoms with van der Waals surface area (Å²) in [7, 11) is 0. The molecule has 0 aromatic rings. The molecule has 2 nitrogen and oxygen atoms in total. The predicted molar refractivity (Wildman–Crippen MR) is 9.35 cm³/mol. The molecule has 0 unspecified atom stereocenters. The maximum absolute atomic E-state index is 0. The van der Waals surface area contributed by atoms with Crippen LogP contribution in [0.1, 0.15) is 2.85 Å². The van der Waals surface area contributed by atoms with E-state index in [-0.39, 0.29) is 85.5 Å². The van der Waals surface area contributed by atoms with Gasteiger partial charge in [0.15, 0.2) is 0 Å². The molecule has 4 heavy (non-hydrogen) atoms. The van der Waals surface area contributed by atoms with Crippen LogP contribution in [-0.4, -0.2) is 45.5 Å². The van der Waals surface area contributed by atoms with Gasteiger partial charge in [-0.3, -0.25) is 0 Å². The maximum Gasteiger partial charge on any atom is 4.00 e. The van der Waals surface area contributed by atoms with Gasteiger partial charge in [-0.25, -0.2) is 0 Å². The van der Waals surface area contributed by atoms with Crippen LogP contribution in [0.3, 0.4) is 0 Å². The van der Waals surface area contributed by atoms with Gasteiger partial charge in [-0.1, -0.05) is 0 Å². The first-order chi connectivity index (χ1) is 0. The molecule has 20 valence electrons. The third kappa shape index (κ3) is 8.86. The topological polar surface area (TPSA) is 57.0 Å². The Hall–Kier alpha value is 2.28. The van der Waals surface area contributed by atoms with Crippen LogP contribution in [-0.2, 0) is 37.2 Å². The van der Waals surface area contributed by atoms with E-state index in [1.165, 1.54) is 0 Å². The van der Waals surface area contributed by atoms with Gasteiger partial charge in [-0.05, 0) is 0 Å². The minimum absolute atomic E-state index is 0. The second-order valence-corrected chi connectivity index (χ2v) is 0. The van der Waals surface area contributed by atoms with Crippen LogP contribution in [0, 0.1) is 0 Å². The number of hydrogen-bond acceptors (Lipinski definition) is 0. The Morgan fingerprint density at radius 1 is 1.00 bits per heavy atom. The second kappa shape index (κ2) is 18.6. The second-order valence-electron chi connectivity index (χ2n) is 0. The molecule has 0 bridgehead atoms. The average molecular weight is 213 g/mol. The molecule has 0 aromatic heterocycles. The fourth-order valence-electron chi connectivity index (χ4n) is 0. The van der Waals surface area contributed by atoms with Crippen molar-refractivity contribution < 1.29 is 40.0 Å². The van der Waals surface area contributed by atoms with Gasteiger partial charge < -0.3 is 13.8 Å². The van der Waals surface area contributed by atoms with Gasteiger partial charge >= 0.3 is 71.7 Å². The molecule has 0 saturated heterocycles. The van der Waals surface area contributed by atoms with Gasteiger partial charge in [-0.15, -0.1) is 0 Å². The minimum atomic E-state index is 0. The Kier molecular flexibility index (Phi) is 156. The quantitative estimate of drug-likeness (QED) is 0.491. The fourth-order valence-corrected chi connectivity index (χ4v) is 0. The Morgan fingerprint density at radius 2 is 1.00 bits per heavy atom. The Bertz CT molecular complexity index is 11.5. The van der Waals surface area contributed by atoms with Gasteiger partial charge in [0.2, 0.25) is 0 Å². The van der Waals surface area contributed by atoms with Crippen LogP contribution in [0.4, 0.5) is 0 Å². The molecule has 0 aliphatic carbocycles. The van der Waals surface area contributed by atoms with Crippen molar-refractivity contribution in [1.82, 2.24) is 0 Å². The van der Waals surface area contributed by atoms with Gasteiger partial charge in [0.1, 0.15) is 0 Å². The first-order valence-electron chi connectivity index (χ1n) is 0. The minimum Gasteiger partial charge on any atom is -2.00 e. The molecule has 0 radical (unpaired) electrons. The summed E-state index contributed by atoms with van der Waals surface area (Å²) in [5, 5.41) is 0. The van der Waals surface area contributed by atoms with Crippen molar-refractivity contribution in [1.29, 1.82) is 0 Å². The Morgan fingerprint density at radius 3 is 1.00 bits per heavy atom. The first-order valence-corrected chi connectivity index (χ1v) is 0. The van der Waals surface area contributed by atoms with Crippen molar-refractivity contribution in [2.45, 2.75) is 0 Å². The van der Waals surface area contributed by atoms with E-state index in [2.05, 4.69) is 0 Å². The summed E-state index contributed by atoms with van der Waals surface area (Å²) in [6.45, 7) is 0. The third-order valence-electron chi connectivity index (χ3n) is 0. The summed E-state index contributed by atoms with van der Waals surface area (Å²) in [5.41, 5.74) is 0. The zero-order valence-corrected chi connectivity index (χ0v) is 7.96. The zero-order chi connectivity index (χ0) is 0. The molecule has 4 heteroatoms. The fraction of sp³-hybridized carbons (Fsp3) is 0. The van der Waals surface area contributed by atoms with Crippen molar-refractivity contribution >= 4 is 45.5 Å². The number of rotatable bonds is 0. The summed E-state index contributed by atoms with van der Waals surface area (Å²) in [5.74, 6) is 0. The van der Waals surface area contributed by atoms with Gasteiger partial charge in [-0.2, -0.15) is 0 Å². The van der Waals surface area contributed by atoms with Crippen molar-refractivity contribution in [3.05, 3.63) is 0 Å². The smallest absolute Gasteiger partial charge is 2.00 e. The van der Waals surface area contributed by atoms with E-state index >= 15 is 0 Å². The molecule has 0 heterocycles. The van der Waals surface area contributed by atoms with Gasteiger partial charge in [0.05, 0.1) is 0 Å². The Balaban J connectivity index is 0. The van der Waals surface area contributed by atoms with Crippen molar-refractivity contribution in [3.63, 3.8) is 0 Å². The van der Waals surface area contributed by atoms with Crippen molar-refractivity contribution in [3.8, 4) is 0 Å². The van der Waals surface area contributed by atoms with E-state index < -0.39 is 0 Å².